The molecule has 2 N–H and O–H groups in total. The number of rotatable bonds is 3. The zero-order valence-electron chi connectivity index (χ0n) is 15.8. The van der Waals surface area contributed by atoms with E-state index in [1.165, 1.54) is 34.8 Å². The molecule has 0 aromatic carbocycles. The molecule has 2 amide bonds. The van der Waals surface area contributed by atoms with E-state index >= 15 is 0 Å². The molecule has 2 fully saturated rings. The first-order valence-electron chi connectivity index (χ1n) is 10.4. The molecule has 6 nitrogen and oxygen atoms in total. The third-order valence-corrected chi connectivity index (χ3v) is 7.72. The Morgan fingerprint density at radius 3 is 2.41 bits per heavy atom. The fourth-order valence-corrected chi connectivity index (χ4v) is 5.95. The highest BCUT2D eigenvalue weighted by Gasteiger charge is 2.30. The van der Waals surface area contributed by atoms with Crippen LogP contribution in [0.1, 0.15) is 72.9 Å². The van der Waals surface area contributed by atoms with E-state index in [1.807, 2.05) is 16.2 Å². The van der Waals surface area contributed by atoms with Gasteiger partial charge in [0.1, 0.15) is 0 Å². The Morgan fingerprint density at radius 1 is 1.04 bits per heavy atom. The van der Waals surface area contributed by atoms with Gasteiger partial charge in [-0.1, -0.05) is 0 Å². The Bertz CT molecular complexity index is 665. The van der Waals surface area contributed by atoms with Gasteiger partial charge in [-0.05, 0) is 64.2 Å². The number of thiazole rings is 1. The third kappa shape index (κ3) is 4.28. The minimum Gasteiger partial charge on any atom is -0.481 e. The second kappa shape index (κ2) is 8.17. The minimum absolute atomic E-state index is 0.0191. The van der Waals surface area contributed by atoms with Gasteiger partial charge < -0.3 is 15.3 Å². The maximum absolute atomic E-state index is 12.6. The van der Waals surface area contributed by atoms with Crippen LogP contribution in [0.25, 0.3) is 0 Å². The molecule has 0 radical (unpaired) electrons. The number of aryl methyl sites for hydroxylation is 2. The van der Waals surface area contributed by atoms with E-state index in [2.05, 4.69) is 5.32 Å². The van der Waals surface area contributed by atoms with Crippen LogP contribution in [0.3, 0.4) is 0 Å². The van der Waals surface area contributed by atoms with E-state index in [0.29, 0.717) is 18.8 Å². The number of carboxylic acid groups (broad SMARTS) is 1. The molecule has 0 unspecified atom stereocenters. The molecular formula is C20H29N3O3S. The molecule has 2 aliphatic carbocycles. The normalized spacial score (nSPS) is 26.4. The van der Waals surface area contributed by atoms with Gasteiger partial charge in [0.2, 0.25) is 0 Å². The van der Waals surface area contributed by atoms with Crippen molar-refractivity contribution in [3.63, 3.8) is 0 Å². The van der Waals surface area contributed by atoms with Gasteiger partial charge in [-0.15, -0.1) is 11.3 Å². The smallest absolute Gasteiger partial charge is 0.317 e. The summed E-state index contributed by atoms with van der Waals surface area (Å²) in [6.07, 6.45) is 9.74. The number of piperidine rings is 1. The first-order valence-corrected chi connectivity index (χ1v) is 11.2. The van der Waals surface area contributed by atoms with Crippen molar-refractivity contribution in [3.8, 4) is 0 Å². The molecule has 1 aliphatic heterocycles. The summed E-state index contributed by atoms with van der Waals surface area (Å²) >= 11 is 1.90. The molecule has 3 aliphatic rings. The lowest BCUT2D eigenvalue weighted by molar-refractivity contribution is -0.142. The van der Waals surface area contributed by atoms with Gasteiger partial charge in [0.25, 0.3) is 0 Å². The zero-order valence-corrected chi connectivity index (χ0v) is 16.6. The molecule has 1 aromatic heterocycles. The van der Waals surface area contributed by atoms with E-state index in [9.17, 15) is 9.59 Å². The van der Waals surface area contributed by atoms with E-state index in [4.69, 9.17) is 10.1 Å². The van der Waals surface area contributed by atoms with Gasteiger partial charge in [-0.2, -0.15) is 0 Å². The van der Waals surface area contributed by atoms with Gasteiger partial charge in [-0.3, -0.25) is 4.79 Å². The Balaban J connectivity index is 1.25. The van der Waals surface area contributed by atoms with Crippen LogP contribution < -0.4 is 5.32 Å². The highest BCUT2D eigenvalue weighted by Crippen LogP contribution is 2.35. The molecule has 148 valence electrons. The van der Waals surface area contributed by atoms with E-state index < -0.39 is 5.97 Å². The summed E-state index contributed by atoms with van der Waals surface area (Å²) < 4.78 is 0. The molecule has 0 atom stereocenters. The lowest BCUT2D eigenvalue weighted by atomic mass is 9.86. The molecule has 27 heavy (non-hydrogen) atoms. The van der Waals surface area contributed by atoms with Crippen molar-refractivity contribution in [2.75, 3.05) is 13.1 Å². The van der Waals surface area contributed by atoms with Crippen molar-refractivity contribution in [1.29, 1.82) is 0 Å². The summed E-state index contributed by atoms with van der Waals surface area (Å²) in [7, 11) is 0. The van der Waals surface area contributed by atoms with Crippen LogP contribution in [0.2, 0.25) is 0 Å². The van der Waals surface area contributed by atoms with Crippen LogP contribution in [-0.4, -0.2) is 46.1 Å². The number of carbonyl (C=O) groups is 2. The number of fused-ring (bicyclic) bond motifs is 1. The number of nitrogens with zero attached hydrogens (tertiary/aromatic N) is 2. The predicted molar refractivity (Wildman–Crippen MR) is 104 cm³/mol. The van der Waals surface area contributed by atoms with Crippen molar-refractivity contribution in [3.05, 3.63) is 15.6 Å². The number of hydrogen-bond donors (Lipinski definition) is 2. The quantitative estimate of drug-likeness (QED) is 0.825. The highest BCUT2D eigenvalue weighted by atomic mass is 32.1. The lowest BCUT2D eigenvalue weighted by Gasteiger charge is -2.34. The average Bonchev–Trinajstić information content (AvgIpc) is 3.13. The van der Waals surface area contributed by atoms with Crippen LogP contribution in [0.4, 0.5) is 4.79 Å². The summed E-state index contributed by atoms with van der Waals surface area (Å²) in [5.74, 6) is -0.445. The number of urea groups is 1. The number of carboxylic acids is 1. The standard InChI is InChI=1S/C20H29N3O3S/c24-19(25)14-5-7-15(8-6-14)21-20(26)23-11-9-13(10-12-23)18-22-16-3-1-2-4-17(16)27-18/h13-15H,1-12H2,(H,21,26)(H,24,25). The van der Waals surface area contributed by atoms with Crippen LogP contribution in [0.15, 0.2) is 0 Å². The molecule has 1 saturated carbocycles. The largest absolute Gasteiger partial charge is 0.481 e. The summed E-state index contributed by atoms with van der Waals surface area (Å²) in [4.78, 5) is 31.9. The number of aromatic nitrogens is 1. The van der Waals surface area contributed by atoms with Gasteiger partial charge in [0.15, 0.2) is 0 Å². The van der Waals surface area contributed by atoms with Crippen molar-refractivity contribution >= 4 is 23.3 Å². The van der Waals surface area contributed by atoms with E-state index in [1.54, 1.807) is 0 Å². The predicted octanol–water partition coefficient (Wildman–Crippen LogP) is 3.55. The van der Waals surface area contributed by atoms with Gasteiger partial charge in [0, 0.05) is 29.9 Å². The lowest BCUT2D eigenvalue weighted by Crippen LogP contribution is -2.48. The zero-order chi connectivity index (χ0) is 18.8. The molecular weight excluding hydrogens is 362 g/mol. The first-order chi connectivity index (χ1) is 13.1. The van der Waals surface area contributed by atoms with Gasteiger partial charge >= 0.3 is 12.0 Å². The number of hydrogen-bond acceptors (Lipinski definition) is 4. The summed E-state index contributed by atoms with van der Waals surface area (Å²) in [6.45, 7) is 1.57. The topological polar surface area (TPSA) is 82.5 Å². The summed E-state index contributed by atoms with van der Waals surface area (Å²) in [5.41, 5.74) is 1.33. The van der Waals surface area contributed by atoms with E-state index in [-0.39, 0.29) is 18.0 Å². The highest BCUT2D eigenvalue weighted by molar-refractivity contribution is 7.11. The SMILES string of the molecule is O=C(O)C1CCC(NC(=O)N2CCC(c3nc4c(s3)CCCC4)CC2)CC1. The number of nitrogens with one attached hydrogen (secondary N) is 1. The van der Waals surface area contributed by atoms with Crippen molar-refractivity contribution in [1.82, 2.24) is 15.2 Å². The third-order valence-electron chi connectivity index (χ3n) is 6.40. The fourth-order valence-electron chi connectivity index (χ4n) is 4.63. The van der Waals surface area contributed by atoms with Crippen molar-refractivity contribution in [2.24, 2.45) is 5.92 Å². The Labute approximate surface area is 164 Å². The molecule has 7 heteroatoms. The molecule has 1 saturated heterocycles. The second-order valence-corrected chi connectivity index (χ2v) is 9.34. The maximum atomic E-state index is 12.6. The number of likely N-dealkylation sites (tertiary alicyclic amines) is 1. The molecule has 2 heterocycles. The number of aliphatic carboxylic acids is 1. The van der Waals surface area contributed by atoms with Crippen molar-refractivity contribution in [2.45, 2.75) is 76.2 Å². The Morgan fingerprint density at radius 2 is 1.74 bits per heavy atom. The fraction of sp³-hybridized carbons (Fsp3) is 0.750. The minimum atomic E-state index is -0.703. The molecule has 1 aromatic rings. The maximum Gasteiger partial charge on any atom is 0.317 e. The summed E-state index contributed by atoms with van der Waals surface area (Å²) in [6, 6.07) is 0.141. The Hall–Kier alpha value is -1.63. The Kier molecular flexibility index (Phi) is 5.66. The van der Waals surface area contributed by atoms with Crippen LogP contribution in [0, 0.1) is 5.92 Å². The second-order valence-electron chi connectivity index (χ2n) is 8.23. The number of carbonyl (C=O) groups excluding carboxylic acids is 1. The molecule has 0 bridgehead atoms. The van der Waals surface area contributed by atoms with E-state index in [0.717, 1.165) is 45.2 Å². The molecule has 4 rings (SSSR count). The van der Waals surface area contributed by atoms with Crippen LogP contribution in [0.5, 0.6) is 0 Å². The van der Waals surface area contributed by atoms with Crippen LogP contribution >= 0.6 is 11.3 Å². The monoisotopic (exact) mass is 391 g/mol. The first kappa shape index (κ1) is 18.7. The molecule has 0 spiro atoms. The number of amides is 2. The average molecular weight is 392 g/mol. The van der Waals surface area contributed by atoms with Crippen molar-refractivity contribution < 1.29 is 14.7 Å². The van der Waals surface area contributed by atoms with Gasteiger partial charge in [-0.25, -0.2) is 9.78 Å². The summed E-state index contributed by atoms with van der Waals surface area (Å²) in [5, 5.41) is 13.5. The van der Waals surface area contributed by atoms with Gasteiger partial charge in [0.05, 0.1) is 16.6 Å². The van der Waals surface area contributed by atoms with Crippen LogP contribution in [-0.2, 0) is 17.6 Å².